The van der Waals surface area contributed by atoms with Gasteiger partial charge >= 0.3 is 0 Å². The van der Waals surface area contributed by atoms with Crippen LogP contribution in [0.2, 0.25) is 0 Å². The Morgan fingerprint density at radius 1 is 1.20 bits per heavy atom. The van der Waals surface area contributed by atoms with Crippen molar-refractivity contribution in [3.8, 4) is 0 Å². The first-order valence-electron chi connectivity index (χ1n) is 7.36. The Bertz CT molecular complexity index is 541. The minimum atomic E-state index is 0.0283. The lowest BCUT2D eigenvalue weighted by Gasteiger charge is -2.27. The molecule has 1 N–H and O–H groups in total. The van der Waals surface area contributed by atoms with Gasteiger partial charge in [-0.1, -0.05) is 30.3 Å². The number of hydrogen-bond acceptors (Lipinski definition) is 2. The van der Waals surface area contributed by atoms with E-state index in [2.05, 4.69) is 72.2 Å². The molecule has 0 spiro atoms. The van der Waals surface area contributed by atoms with Crippen LogP contribution in [0.5, 0.6) is 0 Å². The monoisotopic (exact) mass is 271 g/mol. The first kappa shape index (κ1) is 14.6. The third-order valence-electron chi connectivity index (χ3n) is 3.57. The first-order chi connectivity index (χ1) is 9.50. The summed E-state index contributed by atoms with van der Waals surface area (Å²) < 4.78 is 2.17. The summed E-state index contributed by atoms with van der Waals surface area (Å²) in [5.41, 5.74) is 2.48. The molecule has 0 amide bonds. The Kier molecular flexibility index (Phi) is 4.48. The molecule has 0 saturated heterocycles. The van der Waals surface area contributed by atoms with Crippen molar-refractivity contribution in [2.75, 3.05) is 5.32 Å². The first-order valence-corrected chi connectivity index (χ1v) is 7.36. The largest absolute Gasteiger partial charge is 0.351 e. The van der Waals surface area contributed by atoms with Crippen LogP contribution in [0.25, 0.3) is 0 Å². The maximum Gasteiger partial charge on any atom is 0.203 e. The topological polar surface area (TPSA) is 29.9 Å². The highest BCUT2D eigenvalue weighted by Gasteiger charge is 2.19. The number of benzene rings is 1. The highest BCUT2D eigenvalue weighted by atomic mass is 15.2. The van der Waals surface area contributed by atoms with Gasteiger partial charge in [0.05, 0.1) is 5.69 Å². The summed E-state index contributed by atoms with van der Waals surface area (Å²) in [4.78, 5) is 4.57. The Morgan fingerprint density at radius 2 is 1.90 bits per heavy atom. The van der Waals surface area contributed by atoms with Gasteiger partial charge in [-0.25, -0.2) is 4.98 Å². The number of hydrogen-bond donors (Lipinski definition) is 1. The van der Waals surface area contributed by atoms with E-state index in [4.69, 9.17) is 0 Å². The van der Waals surface area contributed by atoms with Crippen molar-refractivity contribution < 1.29 is 0 Å². The summed E-state index contributed by atoms with van der Waals surface area (Å²) in [5, 5.41) is 3.58. The number of nitrogens with one attached hydrogen (secondary N) is 1. The summed E-state index contributed by atoms with van der Waals surface area (Å²) in [6.07, 6.45) is 4.24. The van der Waals surface area contributed by atoms with Crippen LogP contribution in [-0.4, -0.2) is 15.1 Å². The normalized spacial score (nSPS) is 11.6. The Labute approximate surface area is 122 Å². The predicted octanol–water partition coefficient (Wildman–Crippen LogP) is 4.03. The third kappa shape index (κ3) is 3.86. The highest BCUT2D eigenvalue weighted by Crippen LogP contribution is 2.20. The molecule has 3 heteroatoms. The number of imidazole rings is 1. The fraction of sp³-hybridized carbons (Fsp3) is 0.471. The van der Waals surface area contributed by atoms with E-state index in [1.54, 1.807) is 0 Å². The molecule has 3 nitrogen and oxygen atoms in total. The van der Waals surface area contributed by atoms with Gasteiger partial charge in [0.1, 0.15) is 0 Å². The van der Waals surface area contributed by atoms with Crippen LogP contribution in [0.15, 0.2) is 36.5 Å². The lowest BCUT2D eigenvalue weighted by atomic mass is 9.95. The molecule has 108 valence electrons. The zero-order valence-electron chi connectivity index (χ0n) is 13.0. The number of nitrogens with zero attached hydrogens (tertiary/aromatic N) is 2. The lowest BCUT2D eigenvalue weighted by molar-refractivity contribution is 0.509. The molecule has 0 bridgehead atoms. The van der Waals surface area contributed by atoms with Gasteiger partial charge in [0.2, 0.25) is 5.95 Å². The molecule has 2 rings (SSSR count). The molecule has 20 heavy (non-hydrogen) atoms. The van der Waals surface area contributed by atoms with Gasteiger partial charge in [-0.05, 0) is 46.1 Å². The van der Waals surface area contributed by atoms with E-state index in [1.807, 2.05) is 6.92 Å². The van der Waals surface area contributed by atoms with E-state index in [1.165, 1.54) is 5.56 Å². The van der Waals surface area contributed by atoms with E-state index in [0.29, 0.717) is 0 Å². The van der Waals surface area contributed by atoms with Gasteiger partial charge in [0.25, 0.3) is 0 Å². The zero-order chi connectivity index (χ0) is 14.6. The van der Waals surface area contributed by atoms with Crippen molar-refractivity contribution in [1.82, 2.24) is 9.55 Å². The van der Waals surface area contributed by atoms with E-state index < -0.39 is 0 Å². The maximum absolute atomic E-state index is 4.57. The summed E-state index contributed by atoms with van der Waals surface area (Å²) >= 11 is 0. The molecular formula is C17H25N3. The van der Waals surface area contributed by atoms with Crippen LogP contribution >= 0.6 is 0 Å². The van der Waals surface area contributed by atoms with Crippen molar-refractivity contribution in [1.29, 1.82) is 0 Å². The Balaban J connectivity index is 1.99. The smallest absolute Gasteiger partial charge is 0.203 e. The van der Waals surface area contributed by atoms with Gasteiger partial charge in [-0.3, -0.25) is 0 Å². The van der Waals surface area contributed by atoms with Crippen molar-refractivity contribution >= 4 is 5.95 Å². The van der Waals surface area contributed by atoms with Crippen LogP contribution < -0.4 is 5.32 Å². The zero-order valence-corrected chi connectivity index (χ0v) is 13.0. The number of rotatable bonds is 6. The molecule has 0 unspecified atom stereocenters. The minimum Gasteiger partial charge on any atom is -0.351 e. The number of anilines is 1. The summed E-state index contributed by atoms with van der Waals surface area (Å²) in [6, 6.07) is 10.6. The summed E-state index contributed by atoms with van der Waals surface area (Å²) in [5.74, 6) is 0.975. The summed E-state index contributed by atoms with van der Waals surface area (Å²) in [6.45, 7) is 9.59. The molecular weight excluding hydrogens is 246 g/mol. The molecule has 0 aliphatic carbocycles. The molecule has 0 aliphatic heterocycles. The average Bonchev–Trinajstić information content (AvgIpc) is 2.77. The Hall–Kier alpha value is -1.77. The highest BCUT2D eigenvalue weighted by molar-refractivity contribution is 5.32. The Morgan fingerprint density at radius 3 is 2.55 bits per heavy atom. The standard InChI is InChI=1S/C17H25N3/c1-5-20-13-14(2)18-16(20)19-17(3,4)12-11-15-9-7-6-8-10-15/h6-10,13H,5,11-12H2,1-4H3,(H,18,19). The fourth-order valence-corrected chi connectivity index (χ4v) is 2.35. The predicted molar refractivity (Wildman–Crippen MR) is 85.1 cm³/mol. The van der Waals surface area contributed by atoms with E-state index in [0.717, 1.165) is 31.0 Å². The van der Waals surface area contributed by atoms with E-state index in [9.17, 15) is 0 Å². The van der Waals surface area contributed by atoms with Gasteiger partial charge in [-0.15, -0.1) is 0 Å². The van der Waals surface area contributed by atoms with E-state index in [-0.39, 0.29) is 5.54 Å². The van der Waals surface area contributed by atoms with Crippen molar-refractivity contribution in [3.63, 3.8) is 0 Å². The molecule has 0 radical (unpaired) electrons. The average molecular weight is 271 g/mol. The second-order valence-corrected chi connectivity index (χ2v) is 5.99. The molecule has 2 aromatic rings. The fourth-order valence-electron chi connectivity index (χ4n) is 2.35. The molecule has 0 fully saturated rings. The van der Waals surface area contributed by atoms with Gasteiger partial charge in [-0.2, -0.15) is 0 Å². The third-order valence-corrected chi connectivity index (χ3v) is 3.57. The molecule has 0 aliphatic rings. The van der Waals surface area contributed by atoms with Gasteiger partial charge in [0, 0.05) is 18.3 Å². The SMILES string of the molecule is CCn1cc(C)nc1NC(C)(C)CCc1ccccc1. The lowest BCUT2D eigenvalue weighted by Crippen LogP contribution is -2.32. The molecule has 0 atom stereocenters. The van der Waals surface area contributed by atoms with Crippen LogP contribution in [0.1, 0.15) is 38.4 Å². The van der Waals surface area contributed by atoms with Crippen molar-refractivity contribution in [3.05, 3.63) is 47.8 Å². The van der Waals surface area contributed by atoms with Crippen LogP contribution in [0, 0.1) is 6.92 Å². The van der Waals surface area contributed by atoms with Crippen molar-refractivity contribution in [2.24, 2.45) is 0 Å². The van der Waals surface area contributed by atoms with Gasteiger partial charge in [0.15, 0.2) is 0 Å². The summed E-state index contributed by atoms with van der Waals surface area (Å²) in [7, 11) is 0. The quantitative estimate of drug-likeness (QED) is 0.859. The number of aromatic nitrogens is 2. The van der Waals surface area contributed by atoms with Crippen molar-refractivity contribution in [2.45, 2.75) is 52.6 Å². The minimum absolute atomic E-state index is 0.0283. The van der Waals surface area contributed by atoms with E-state index >= 15 is 0 Å². The molecule has 1 aromatic heterocycles. The van der Waals surface area contributed by atoms with Crippen LogP contribution in [0.4, 0.5) is 5.95 Å². The van der Waals surface area contributed by atoms with Crippen LogP contribution in [0.3, 0.4) is 0 Å². The molecule has 0 saturated carbocycles. The second kappa shape index (κ2) is 6.12. The molecule has 1 heterocycles. The molecule has 1 aromatic carbocycles. The van der Waals surface area contributed by atoms with Gasteiger partial charge < -0.3 is 9.88 Å². The maximum atomic E-state index is 4.57. The number of aryl methyl sites for hydroxylation is 3. The second-order valence-electron chi connectivity index (χ2n) is 5.99. The van der Waals surface area contributed by atoms with Crippen LogP contribution in [-0.2, 0) is 13.0 Å².